The van der Waals surface area contributed by atoms with Crippen LogP contribution in [0.5, 0.6) is 0 Å². The van der Waals surface area contributed by atoms with Gasteiger partial charge >= 0.3 is 0 Å². The molecular formula is C15H25N3. The standard InChI is InChI=1S/C15H25N3/c1-2-5-13(6-3-1)15-11-17-12-18(15)14-7-4-9-16-10-8-14/h11-14,16H,1-10H2. The van der Waals surface area contributed by atoms with Gasteiger partial charge in [0.15, 0.2) is 0 Å². The highest BCUT2D eigenvalue weighted by Gasteiger charge is 2.22. The topological polar surface area (TPSA) is 29.9 Å². The Morgan fingerprint density at radius 3 is 2.78 bits per heavy atom. The smallest absolute Gasteiger partial charge is 0.0950 e. The van der Waals surface area contributed by atoms with Crippen LogP contribution < -0.4 is 5.32 Å². The summed E-state index contributed by atoms with van der Waals surface area (Å²) in [7, 11) is 0. The second kappa shape index (κ2) is 5.87. The lowest BCUT2D eigenvalue weighted by Gasteiger charge is -2.26. The number of hydrogen-bond donors (Lipinski definition) is 1. The van der Waals surface area contributed by atoms with E-state index in [9.17, 15) is 0 Å². The van der Waals surface area contributed by atoms with Crippen molar-refractivity contribution in [3.63, 3.8) is 0 Å². The predicted molar refractivity (Wildman–Crippen MR) is 73.8 cm³/mol. The van der Waals surface area contributed by atoms with Gasteiger partial charge in [-0.1, -0.05) is 19.3 Å². The molecular weight excluding hydrogens is 222 g/mol. The van der Waals surface area contributed by atoms with Crippen molar-refractivity contribution < 1.29 is 0 Å². The van der Waals surface area contributed by atoms with Crippen LogP contribution in [-0.4, -0.2) is 22.6 Å². The Morgan fingerprint density at radius 2 is 1.89 bits per heavy atom. The molecule has 1 unspecified atom stereocenters. The first-order valence-corrected chi connectivity index (χ1v) is 7.67. The zero-order chi connectivity index (χ0) is 12.2. The maximum atomic E-state index is 4.45. The van der Waals surface area contributed by atoms with Crippen LogP contribution in [0.25, 0.3) is 0 Å². The second-order valence-electron chi connectivity index (χ2n) is 5.90. The van der Waals surface area contributed by atoms with Crippen LogP contribution in [0, 0.1) is 0 Å². The van der Waals surface area contributed by atoms with Crippen LogP contribution in [0.15, 0.2) is 12.5 Å². The molecule has 3 rings (SSSR count). The van der Waals surface area contributed by atoms with Crippen molar-refractivity contribution in [2.45, 2.75) is 63.3 Å². The molecule has 2 aliphatic rings. The molecule has 100 valence electrons. The van der Waals surface area contributed by atoms with Gasteiger partial charge in [-0.3, -0.25) is 0 Å². The average Bonchev–Trinajstić information content (AvgIpc) is 2.75. The predicted octanol–water partition coefficient (Wildman–Crippen LogP) is 3.25. The Balaban J connectivity index is 1.76. The quantitative estimate of drug-likeness (QED) is 0.869. The summed E-state index contributed by atoms with van der Waals surface area (Å²) in [4.78, 5) is 4.45. The first-order valence-electron chi connectivity index (χ1n) is 7.67. The molecule has 1 aromatic heterocycles. The maximum absolute atomic E-state index is 4.45. The van der Waals surface area contributed by atoms with Crippen molar-refractivity contribution in [3.8, 4) is 0 Å². The summed E-state index contributed by atoms with van der Waals surface area (Å²) in [5.41, 5.74) is 1.52. The van der Waals surface area contributed by atoms with Crippen LogP contribution in [0.3, 0.4) is 0 Å². The largest absolute Gasteiger partial charge is 0.331 e. The van der Waals surface area contributed by atoms with E-state index in [0.717, 1.165) is 12.5 Å². The molecule has 0 spiro atoms. The molecule has 1 saturated heterocycles. The molecule has 2 heterocycles. The molecule has 3 heteroatoms. The van der Waals surface area contributed by atoms with Gasteiger partial charge in [0.1, 0.15) is 0 Å². The third-order valence-electron chi connectivity index (χ3n) is 4.66. The third-order valence-corrected chi connectivity index (χ3v) is 4.66. The highest BCUT2D eigenvalue weighted by molar-refractivity contribution is 5.09. The van der Waals surface area contributed by atoms with Crippen LogP contribution in [0.4, 0.5) is 0 Å². The van der Waals surface area contributed by atoms with Crippen molar-refractivity contribution >= 4 is 0 Å². The van der Waals surface area contributed by atoms with E-state index in [0.29, 0.717) is 6.04 Å². The fourth-order valence-electron chi connectivity index (χ4n) is 3.61. The van der Waals surface area contributed by atoms with Gasteiger partial charge in [-0.15, -0.1) is 0 Å². The summed E-state index contributed by atoms with van der Waals surface area (Å²) in [5.74, 6) is 0.775. The van der Waals surface area contributed by atoms with E-state index in [-0.39, 0.29) is 0 Å². The van der Waals surface area contributed by atoms with Crippen molar-refractivity contribution in [1.82, 2.24) is 14.9 Å². The van der Waals surface area contributed by atoms with Crippen molar-refractivity contribution in [3.05, 3.63) is 18.2 Å². The molecule has 1 atom stereocenters. The molecule has 3 nitrogen and oxygen atoms in total. The van der Waals surface area contributed by atoms with Gasteiger partial charge in [-0.25, -0.2) is 4.98 Å². The van der Waals surface area contributed by atoms with Crippen molar-refractivity contribution in [2.24, 2.45) is 0 Å². The summed E-state index contributed by atoms with van der Waals surface area (Å²) in [6.07, 6.45) is 15.1. The van der Waals surface area contributed by atoms with Crippen molar-refractivity contribution in [1.29, 1.82) is 0 Å². The molecule has 2 fully saturated rings. The van der Waals surface area contributed by atoms with E-state index in [2.05, 4.69) is 27.4 Å². The average molecular weight is 247 g/mol. The lowest BCUT2D eigenvalue weighted by Crippen LogP contribution is -2.17. The van der Waals surface area contributed by atoms with E-state index in [1.807, 2.05) is 0 Å². The summed E-state index contributed by atoms with van der Waals surface area (Å²) in [6, 6.07) is 0.680. The molecule has 1 N–H and O–H groups in total. The lowest BCUT2D eigenvalue weighted by molar-refractivity contribution is 0.387. The van der Waals surface area contributed by atoms with E-state index in [1.165, 1.54) is 63.6 Å². The Kier molecular flexibility index (Phi) is 3.99. The maximum Gasteiger partial charge on any atom is 0.0950 e. The van der Waals surface area contributed by atoms with Crippen LogP contribution >= 0.6 is 0 Å². The van der Waals surface area contributed by atoms with Gasteiger partial charge in [-0.05, 0) is 45.2 Å². The van der Waals surface area contributed by atoms with Gasteiger partial charge in [-0.2, -0.15) is 0 Å². The fraction of sp³-hybridized carbons (Fsp3) is 0.800. The van der Waals surface area contributed by atoms with Crippen LogP contribution in [-0.2, 0) is 0 Å². The van der Waals surface area contributed by atoms with E-state index in [4.69, 9.17) is 0 Å². The summed E-state index contributed by atoms with van der Waals surface area (Å²) in [5, 5.41) is 3.50. The number of rotatable bonds is 2. The number of imidazole rings is 1. The van der Waals surface area contributed by atoms with Gasteiger partial charge in [0.25, 0.3) is 0 Å². The molecule has 0 bridgehead atoms. The van der Waals surface area contributed by atoms with Gasteiger partial charge in [0, 0.05) is 23.9 Å². The molecule has 18 heavy (non-hydrogen) atoms. The molecule has 0 aromatic carbocycles. The van der Waals surface area contributed by atoms with E-state index < -0.39 is 0 Å². The lowest BCUT2D eigenvalue weighted by atomic mass is 9.87. The highest BCUT2D eigenvalue weighted by atomic mass is 15.1. The zero-order valence-corrected chi connectivity index (χ0v) is 11.3. The summed E-state index contributed by atoms with van der Waals surface area (Å²) < 4.78 is 2.50. The summed E-state index contributed by atoms with van der Waals surface area (Å²) >= 11 is 0. The van der Waals surface area contributed by atoms with Gasteiger partial charge in [0.2, 0.25) is 0 Å². The van der Waals surface area contributed by atoms with Gasteiger partial charge in [0.05, 0.1) is 6.33 Å². The molecule has 1 saturated carbocycles. The number of nitrogens with one attached hydrogen (secondary N) is 1. The molecule has 0 radical (unpaired) electrons. The molecule has 0 amide bonds. The highest BCUT2D eigenvalue weighted by Crippen LogP contribution is 2.34. The Bertz CT molecular complexity index is 358. The van der Waals surface area contributed by atoms with E-state index >= 15 is 0 Å². The van der Waals surface area contributed by atoms with Crippen molar-refractivity contribution in [2.75, 3.05) is 13.1 Å². The third kappa shape index (κ3) is 2.61. The summed E-state index contributed by atoms with van der Waals surface area (Å²) in [6.45, 7) is 2.34. The SMILES string of the molecule is c1ncn(C2CCCNCC2)c1C1CCCCC1. The second-order valence-corrected chi connectivity index (χ2v) is 5.90. The Morgan fingerprint density at radius 1 is 1.00 bits per heavy atom. The minimum atomic E-state index is 0.680. The molecule has 1 aromatic rings. The first-order chi connectivity index (χ1) is 8.95. The van der Waals surface area contributed by atoms with Crippen LogP contribution in [0.1, 0.15) is 69.0 Å². The van der Waals surface area contributed by atoms with Crippen LogP contribution in [0.2, 0.25) is 0 Å². The number of aromatic nitrogens is 2. The van der Waals surface area contributed by atoms with E-state index in [1.54, 1.807) is 0 Å². The minimum Gasteiger partial charge on any atom is -0.331 e. The first kappa shape index (κ1) is 12.2. The molecule has 1 aliphatic heterocycles. The number of hydrogen-bond acceptors (Lipinski definition) is 2. The zero-order valence-electron chi connectivity index (χ0n) is 11.3. The Labute approximate surface area is 110 Å². The minimum absolute atomic E-state index is 0.680. The van der Waals surface area contributed by atoms with Gasteiger partial charge < -0.3 is 9.88 Å². The monoisotopic (exact) mass is 247 g/mol. The Hall–Kier alpha value is -0.830. The normalized spacial score (nSPS) is 27.0. The number of nitrogens with zero attached hydrogens (tertiary/aromatic N) is 2. The fourth-order valence-corrected chi connectivity index (χ4v) is 3.61. The molecule has 1 aliphatic carbocycles.